The quantitative estimate of drug-likeness (QED) is 0.809. The van der Waals surface area contributed by atoms with E-state index in [0.29, 0.717) is 5.78 Å². The molecule has 2 heteroatoms. The van der Waals surface area contributed by atoms with Gasteiger partial charge in [0.05, 0.1) is 6.04 Å². The zero-order valence-corrected chi connectivity index (χ0v) is 10.9. The zero-order valence-electron chi connectivity index (χ0n) is 10.9. The molecule has 0 bridgehead atoms. The Hall–Kier alpha value is -1.15. The van der Waals surface area contributed by atoms with E-state index >= 15 is 0 Å². The average molecular weight is 243 g/mol. The molecule has 1 aliphatic heterocycles. The highest BCUT2D eigenvalue weighted by Gasteiger charge is 2.22. The van der Waals surface area contributed by atoms with E-state index in [-0.39, 0.29) is 6.04 Å². The van der Waals surface area contributed by atoms with Gasteiger partial charge < -0.3 is 5.32 Å². The van der Waals surface area contributed by atoms with Gasteiger partial charge in [-0.1, -0.05) is 18.6 Å². The second kappa shape index (κ2) is 5.23. The van der Waals surface area contributed by atoms with Gasteiger partial charge in [-0.2, -0.15) is 0 Å². The summed E-state index contributed by atoms with van der Waals surface area (Å²) in [5.41, 5.74) is 3.77. The first-order valence-electron chi connectivity index (χ1n) is 7.24. The van der Waals surface area contributed by atoms with Crippen molar-refractivity contribution < 1.29 is 4.79 Å². The lowest BCUT2D eigenvalue weighted by molar-refractivity contribution is 0.0927. The summed E-state index contributed by atoms with van der Waals surface area (Å²) in [7, 11) is 0. The summed E-state index contributed by atoms with van der Waals surface area (Å²) in [5.74, 6) is 0.295. The summed E-state index contributed by atoms with van der Waals surface area (Å²) in [6.07, 6.45) is 8.27. The van der Waals surface area contributed by atoms with E-state index in [1.165, 1.54) is 43.2 Å². The summed E-state index contributed by atoms with van der Waals surface area (Å²) in [6, 6.07) is 6.40. The molecule has 1 fully saturated rings. The third-order valence-corrected chi connectivity index (χ3v) is 4.26. The summed E-state index contributed by atoms with van der Waals surface area (Å²) in [5, 5.41) is 3.35. The topological polar surface area (TPSA) is 29.1 Å². The van der Waals surface area contributed by atoms with Crippen molar-refractivity contribution in [2.75, 3.05) is 6.54 Å². The Labute approximate surface area is 109 Å². The first-order valence-corrected chi connectivity index (χ1v) is 7.24. The Morgan fingerprint density at radius 3 is 2.67 bits per heavy atom. The van der Waals surface area contributed by atoms with Crippen LogP contribution in [0.2, 0.25) is 0 Å². The predicted octanol–water partition coefficient (Wildman–Crippen LogP) is 2.89. The van der Waals surface area contributed by atoms with Gasteiger partial charge in [0, 0.05) is 5.56 Å². The number of ketones is 1. The van der Waals surface area contributed by atoms with Crippen molar-refractivity contribution in [1.29, 1.82) is 0 Å². The minimum atomic E-state index is 0.0559. The minimum absolute atomic E-state index is 0.0559. The molecule has 1 N–H and O–H groups in total. The number of hydrogen-bond acceptors (Lipinski definition) is 2. The number of carbonyl (C=O) groups excluding carboxylic acids is 1. The van der Waals surface area contributed by atoms with Crippen LogP contribution in [0.4, 0.5) is 0 Å². The Balaban J connectivity index is 1.80. The van der Waals surface area contributed by atoms with Gasteiger partial charge in [-0.15, -0.1) is 0 Å². The molecular formula is C16H21NO. The lowest BCUT2D eigenvalue weighted by Crippen LogP contribution is -2.40. The maximum atomic E-state index is 12.4. The molecule has 1 saturated heterocycles. The number of aryl methyl sites for hydroxylation is 2. The summed E-state index contributed by atoms with van der Waals surface area (Å²) in [4.78, 5) is 12.4. The number of nitrogens with one attached hydrogen (secondary N) is 1. The molecule has 0 amide bonds. The van der Waals surface area contributed by atoms with Crippen molar-refractivity contribution in [3.05, 3.63) is 34.9 Å². The van der Waals surface area contributed by atoms with E-state index in [1.54, 1.807) is 0 Å². The third-order valence-electron chi connectivity index (χ3n) is 4.26. The summed E-state index contributed by atoms with van der Waals surface area (Å²) < 4.78 is 0. The van der Waals surface area contributed by atoms with Crippen LogP contribution >= 0.6 is 0 Å². The van der Waals surface area contributed by atoms with Crippen LogP contribution in [0.25, 0.3) is 0 Å². The molecule has 18 heavy (non-hydrogen) atoms. The van der Waals surface area contributed by atoms with E-state index < -0.39 is 0 Å². The number of benzene rings is 1. The number of piperidine rings is 1. The fraction of sp³-hybridized carbons (Fsp3) is 0.562. The molecule has 0 radical (unpaired) electrons. The molecule has 2 aliphatic rings. The largest absolute Gasteiger partial charge is 0.307 e. The van der Waals surface area contributed by atoms with Crippen LogP contribution in [0.1, 0.15) is 53.6 Å². The van der Waals surface area contributed by atoms with Gasteiger partial charge in [0.2, 0.25) is 0 Å². The van der Waals surface area contributed by atoms with Crippen molar-refractivity contribution in [1.82, 2.24) is 5.32 Å². The Kier molecular flexibility index (Phi) is 3.46. The Morgan fingerprint density at radius 2 is 1.89 bits per heavy atom. The average Bonchev–Trinajstić information content (AvgIpc) is 2.47. The molecule has 1 aromatic carbocycles. The molecule has 1 heterocycles. The van der Waals surface area contributed by atoms with Crippen molar-refractivity contribution in [2.24, 2.45) is 0 Å². The fourth-order valence-electron chi connectivity index (χ4n) is 3.16. The van der Waals surface area contributed by atoms with E-state index in [4.69, 9.17) is 0 Å². The second-order valence-corrected chi connectivity index (χ2v) is 5.56. The Bertz CT molecular complexity index is 446. The summed E-state index contributed by atoms with van der Waals surface area (Å²) in [6.45, 7) is 0.987. The van der Waals surface area contributed by atoms with Crippen molar-refractivity contribution >= 4 is 5.78 Å². The van der Waals surface area contributed by atoms with Gasteiger partial charge in [-0.25, -0.2) is 0 Å². The molecule has 96 valence electrons. The maximum Gasteiger partial charge on any atom is 0.179 e. The first-order chi connectivity index (χ1) is 8.84. The van der Waals surface area contributed by atoms with Crippen molar-refractivity contribution in [2.45, 2.75) is 51.0 Å². The standard InChI is InChI=1S/C16H21NO/c18-16(15-7-3-4-10-17-15)14-9-8-12-5-1-2-6-13(12)11-14/h8-9,11,15,17H,1-7,10H2. The van der Waals surface area contributed by atoms with Crippen LogP contribution in [0.3, 0.4) is 0 Å². The van der Waals surface area contributed by atoms with Crippen LogP contribution in [-0.2, 0) is 12.8 Å². The third kappa shape index (κ3) is 2.35. The second-order valence-electron chi connectivity index (χ2n) is 5.56. The number of hydrogen-bond donors (Lipinski definition) is 1. The van der Waals surface area contributed by atoms with Gasteiger partial charge in [-0.05, 0) is 62.3 Å². The van der Waals surface area contributed by atoms with Crippen LogP contribution < -0.4 is 5.32 Å². The van der Waals surface area contributed by atoms with Crippen molar-refractivity contribution in [3.8, 4) is 0 Å². The van der Waals surface area contributed by atoms with Crippen LogP contribution in [0.5, 0.6) is 0 Å². The van der Waals surface area contributed by atoms with Crippen LogP contribution in [0, 0.1) is 0 Å². The molecular weight excluding hydrogens is 222 g/mol. The van der Waals surface area contributed by atoms with E-state index in [0.717, 1.165) is 24.9 Å². The fourth-order valence-corrected chi connectivity index (χ4v) is 3.16. The lowest BCUT2D eigenvalue weighted by Gasteiger charge is -2.23. The molecule has 3 rings (SSSR count). The minimum Gasteiger partial charge on any atom is -0.307 e. The Morgan fingerprint density at radius 1 is 1.06 bits per heavy atom. The monoisotopic (exact) mass is 243 g/mol. The molecule has 0 spiro atoms. The number of fused-ring (bicyclic) bond motifs is 1. The SMILES string of the molecule is O=C(c1ccc2c(c1)CCCC2)C1CCCCN1. The highest BCUT2D eigenvalue weighted by molar-refractivity contribution is 6.00. The van der Waals surface area contributed by atoms with E-state index in [1.807, 2.05) is 6.07 Å². The molecule has 1 aliphatic carbocycles. The lowest BCUT2D eigenvalue weighted by atomic mass is 9.88. The van der Waals surface area contributed by atoms with Gasteiger partial charge >= 0.3 is 0 Å². The van der Waals surface area contributed by atoms with E-state index in [9.17, 15) is 4.79 Å². The normalized spacial score (nSPS) is 23.4. The zero-order chi connectivity index (χ0) is 12.4. The molecule has 1 atom stereocenters. The van der Waals surface area contributed by atoms with Crippen LogP contribution in [0.15, 0.2) is 18.2 Å². The highest BCUT2D eigenvalue weighted by atomic mass is 16.1. The smallest absolute Gasteiger partial charge is 0.179 e. The molecule has 1 aromatic rings. The number of rotatable bonds is 2. The summed E-state index contributed by atoms with van der Waals surface area (Å²) >= 11 is 0. The van der Waals surface area contributed by atoms with Gasteiger partial charge in [0.25, 0.3) is 0 Å². The molecule has 1 unspecified atom stereocenters. The molecule has 0 aromatic heterocycles. The molecule has 2 nitrogen and oxygen atoms in total. The first kappa shape index (κ1) is 11.9. The van der Waals surface area contributed by atoms with Gasteiger partial charge in [-0.3, -0.25) is 4.79 Å². The van der Waals surface area contributed by atoms with Crippen LogP contribution in [-0.4, -0.2) is 18.4 Å². The van der Waals surface area contributed by atoms with Crippen molar-refractivity contribution in [3.63, 3.8) is 0 Å². The highest BCUT2D eigenvalue weighted by Crippen LogP contribution is 2.23. The number of Topliss-reactive ketones (excluding diaryl/α,β-unsaturated/α-hetero) is 1. The van der Waals surface area contributed by atoms with E-state index in [2.05, 4.69) is 17.4 Å². The van der Waals surface area contributed by atoms with Gasteiger partial charge in [0.15, 0.2) is 5.78 Å². The number of carbonyl (C=O) groups is 1. The maximum absolute atomic E-state index is 12.4. The molecule has 0 saturated carbocycles. The predicted molar refractivity (Wildman–Crippen MR) is 73.1 cm³/mol. The van der Waals surface area contributed by atoms with Gasteiger partial charge in [0.1, 0.15) is 0 Å².